The third-order valence-corrected chi connectivity index (χ3v) is 7.30. The van der Waals surface area contributed by atoms with Crippen molar-refractivity contribution in [1.82, 2.24) is 0 Å². The first-order chi connectivity index (χ1) is 19.9. The minimum absolute atomic E-state index is 0.0296. The van der Waals surface area contributed by atoms with Crippen molar-refractivity contribution in [2.24, 2.45) is 5.92 Å². The average Bonchev–Trinajstić information content (AvgIpc) is 2.98. The lowest BCUT2D eigenvalue weighted by Gasteiger charge is -2.11. The van der Waals surface area contributed by atoms with E-state index < -0.39 is 12.1 Å². The van der Waals surface area contributed by atoms with Gasteiger partial charge in [0.05, 0.1) is 12.2 Å². The number of ketones is 1. The molecule has 0 aliphatic rings. The number of carbonyl (C=O) groups excluding carboxylic acids is 3. The molecule has 0 heterocycles. The number of Topliss-reactive ketones (excluding diaryl/α,β-unsaturated/α-hetero) is 1. The van der Waals surface area contributed by atoms with Crippen molar-refractivity contribution >= 4 is 17.9 Å². The molecule has 0 saturated heterocycles. The van der Waals surface area contributed by atoms with Gasteiger partial charge in [0, 0.05) is 11.5 Å². The maximum atomic E-state index is 12.7. The van der Waals surface area contributed by atoms with Crippen molar-refractivity contribution in [2.45, 2.75) is 117 Å². The van der Waals surface area contributed by atoms with Gasteiger partial charge in [-0.2, -0.15) is 0 Å². The number of hydrogen-bond acceptors (Lipinski definition) is 6. The quantitative estimate of drug-likeness (QED) is 0.0492. The SMILES string of the molecule is CCCCCCCCCCCCOC(=O)Oc1ccc(C(=O)Oc2ccc(C(=O)C(C)CCCCCC)cc2)cc1. The van der Waals surface area contributed by atoms with Crippen molar-refractivity contribution in [2.75, 3.05) is 6.61 Å². The Hall–Kier alpha value is -3.15. The third-order valence-electron chi connectivity index (χ3n) is 7.30. The van der Waals surface area contributed by atoms with Gasteiger partial charge in [-0.05, 0) is 61.4 Å². The van der Waals surface area contributed by atoms with Crippen molar-refractivity contribution < 1.29 is 28.6 Å². The van der Waals surface area contributed by atoms with Gasteiger partial charge in [0.15, 0.2) is 5.78 Å². The fourth-order valence-corrected chi connectivity index (χ4v) is 4.68. The minimum atomic E-state index is -0.749. The molecule has 0 fully saturated rings. The van der Waals surface area contributed by atoms with E-state index in [2.05, 4.69) is 13.8 Å². The van der Waals surface area contributed by atoms with Crippen LogP contribution in [0.25, 0.3) is 0 Å². The molecule has 1 atom stereocenters. The van der Waals surface area contributed by atoms with E-state index in [4.69, 9.17) is 14.2 Å². The zero-order chi connectivity index (χ0) is 29.7. The molecule has 2 aromatic carbocycles. The Morgan fingerprint density at radius 1 is 0.585 bits per heavy atom. The van der Waals surface area contributed by atoms with E-state index in [1.165, 1.54) is 82.1 Å². The number of carbonyl (C=O) groups is 3. The van der Waals surface area contributed by atoms with Gasteiger partial charge in [-0.25, -0.2) is 9.59 Å². The summed E-state index contributed by atoms with van der Waals surface area (Å²) in [5, 5.41) is 0. The van der Waals surface area contributed by atoms with Gasteiger partial charge in [0.1, 0.15) is 11.5 Å². The summed E-state index contributed by atoms with van der Waals surface area (Å²) in [4.78, 5) is 37.2. The number of rotatable bonds is 21. The van der Waals surface area contributed by atoms with E-state index in [-0.39, 0.29) is 11.7 Å². The molecule has 0 amide bonds. The van der Waals surface area contributed by atoms with Crippen LogP contribution in [0.1, 0.15) is 138 Å². The van der Waals surface area contributed by atoms with Crippen LogP contribution in [0.4, 0.5) is 4.79 Å². The number of unbranched alkanes of at least 4 members (excludes halogenated alkanes) is 12. The average molecular weight is 567 g/mol. The minimum Gasteiger partial charge on any atom is -0.434 e. The maximum absolute atomic E-state index is 12.7. The molecule has 6 nitrogen and oxygen atoms in total. The van der Waals surface area contributed by atoms with Crippen LogP contribution in [0.3, 0.4) is 0 Å². The predicted octanol–water partition coefficient (Wildman–Crippen LogP) is 10.1. The van der Waals surface area contributed by atoms with Gasteiger partial charge in [-0.3, -0.25) is 4.79 Å². The van der Waals surface area contributed by atoms with E-state index in [0.29, 0.717) is 29.2 Å². The monoisotopic (exact) mass is 566 g/mol. The number of ether oxygens (including phenoxy) is 3. The molecular weight excluding hydrogens is 516 g/mol. The summed E-state index contributed by atoms with van der Waals surface area (Å²) >= 11 is 0. The zero-order valence-corrected chi connectivity index (χ0v) is 25.5. The van der Waals surface area contributed by atoms with Crippen LogP contribution < -0.4 is 9.47 Å². The van der Waals surface area contributed by atoms with Crippen LogP contribution in [0.15, 0.2) is 48.5 Å². The molecule has 0 aliphatic heterocycles. The fourth-order valence-electron chi connectivity index (χ4n) is 4.68. The zero-order valence-electron chi connectivity index (χ0n) is 25.5. The highest BCUT2D eigenvalue weighted by Gasteiger charge is 2.16. The fraction of sp³-hybridized carbons (Fsp3) is 0.571. The highest BCUT2D eigenvalue weighted by atomic mass is 16.7. The summed E-state index contributed by atoms with van der Waals surface area (Å²) < 4.78 is 15.8. The second-order valence-corrected chi connectivity index (χ2v) is 10.9. The van der Waals surface area contributed by atoms with Crippen molar-refractivity contribution in [3.8, 4) is 11.5 Å². The second kappa shape index (κ2) is 20.7. The summed E-state index contributed by atoms with van der Waals surface area (Å²) in [6, 6.07) is 12.8. The summed E-state index contributed by atoms with van der Waals surface area (Å²) in [6.07, 6.45) is 16.8. The Balaban J connectivity index is 1.66. The molecule has 226 valence electrons. The van der Waals surface area contributed by atoms with E-state index in [1.54, 1.807) is 24.3 Å². The van der Waals surface area contributed by atoms with Crippen LogP contribution in [0.2, 0.25) is 0 Å². The molecule has 0 radical (unpaired) electrons. The topological polar surface area (TPSA) is 78.9 Å². The molecular formula is C35H50O6. The van der Waals surface area contributed by atoms with Crippen LogP contribution >= 0.6 is 0 Å². The van der Waals surface area contributed by atoms with Gasteiger partial charge >= 0.3 is 12.1 Å². The normalized spacial score (nSPS) is 11.6. The molecule has 41 heavy (non-hydrogen) atoms. The Labute approximate surface area is 247 Å². The standard InChI is InChI=1S/C35H50O6/c1-4-6-8-10-11-12-13-14-15-17-27-39-35(38)41-32-25-21-30(22-26-32)34(37)40-31-23-19-29(20-24-31)33(36)28(3)18-16-9-7-5-2/h19-26,28H,4-18,27H2,1-3H3. The molecule has 0 aliphatic carbocycles. The number of hydrogen-bond donors (Lipinski definition) is 0. The molecule has 0 saturated carbocycles. The third kappa shape index (κ3) is 14.3. The molecule has 2 aromatic rings. The highest BCUT2D eigenvalue weighted by Crippen LogP contribution is 2.21. The highest BCUT2D eigenvalue weighted by molar-refractivity contribution is 5.98. The van der Waals surface area contributed by atoms with Gasteiger partial charge in [-0.1, -0.05) is 104 Å². The summed E-state index contributed by atoms with van der Waals surface area (Å²) in [7, 11) is 0. The van der Waals surface area contributed by atoms with Crippen LogP contribution in [-0.4, -0.2) is 24.5 Å². The molecule has 0 aromatic heterocycles. The second-order valence-electron chi connectivity index (χ2n) is 10.9. The van der Waals surface area contributed by atoms with Gasteiger partial charge in [0.25, 0.3) is 0 Å². The first-order valence-corrected chi connectivity index (χ1v) is 15.8. The van der Waals surface area contributed by atoms with Crippen molar-refractivity contribution in [3.63, 3.8) is 0 Å². The molecule has 2 rings (SSSR count). The molecule has 0 spiro atoms. The predicted molar refractivity (Wildman–Crippen MR) is 164 cm³/mol. The molecule has 6 heteroatoms. The van der Waals surface area contributed by atoms with Crippen LogP contribution in [-0.2, 0) is 4.74 Å². The summed E-state index contributed by atoms with van der Waals surface area (Å²) in [5.74, 6) is 0.192. The smallest absolute Gasteiger partial charge is 0.434 e. The summed E-state index contributed by atoms with van der Waals surface area (Å²) in [6.45, 7) is 6.71. The molecule has 0 bridgehead atoms. The lowest BCUT2D eigenvalue weighted by molar-refractivity contribution is 0.0734. The van der Waals surface area contributed by atoms with Gasteiger partial charge in [-0.15, -0.1) is 0 Å². The van der Waals surface area contributed by atoms with Crippen molar-refractivity contribution in [3.05, 3.63) is 59.7 Å². The van der Waals surface area contributed by atoms with Crippen LogP contribution in [0, 0.1) is 5.92 Å². The maximum Gasteiger partial charge on any atom is 0.513 e. The Morgan fingerprint density at radius 3 is 1.61 bits per heavy atom. The lowest BCUT2D eigenvalue weighted by Crippen LogP contribution is -2.12. The van der Waals surface area contributed by atoms with Crippen LogP contribution in [0.5, 0.6) is 11.5 Å². The van der Waals surface area contributed by atoms with E-state index in [9.17, 15) is 14.4 Å². The van der Waals surface area contributed by atoms with Gasteiger partial charge in [0.2, 0.25) is 0 Å². The lowest BCUT2D eigenvalue weighted by atomic mass is 9.94. The van der Waals surface area contributed by atoms with E-state index in [0.717, 1.165) is 38.5 Å². The van der Waals surface area contributed by atoms with E-state index >= 15 is 0 Å². The first kappa shape index (κ1) is 34.1. The summed E-state index contributed by atoms with van der Waals surface area (Å²) in [5.41, 5.74) is 0.936. The Bertz CT molecular complexity index is 1010. The van der Waals surface area contributed by atoms with Gasteiger partial charge < -0.3 is 14.2 Å². The molecule has 0 N–H and O–H groups in total. The van der Waals surface area contributed by atoms with E-state index in [1.807, 2.05) is 6.92 Å². The Kier molecular flexibility index (Phi) is 17.2. The molecule has 1 unspecified atom stereocenters. The van der Waals surface area contributed by atoms with Crippen molar-refractivity contribution in [1.29, 1.82) is 0 Å². The number of benzene rings is 2. The first-order valence-electron chi connectivity index (χ1n) is 15.8. The Morgan fingerprint density at radius 2 is 1.05 bits per heavy atom. The largest absolute Gasteiger partial charge is 0.513 e. The number of esters is 1.